The summed E-state index contributed by atoms with van der Waals surface area (Å²) in [7, 11) is 1.36. The van der Waals surface area contributed by atoms with E-state index in [2.05, 4.69) is 4.74 Å². The normalized spacial score (nSPS) is 11.0. The molecule has 0 aliphatic carbocycles. The van der Waals surface area contributed by atoms with Gasteiger partial charge in [-0.15, -0.1) is 0 Å². The fourth-order valence-electron chi connectivity index (χ4n) is 1.87. The topological polar surface area (TPSA) is 43.4 Å². The lowest BCUT2D eigenvalue weighted by atomic mass is 10.1. The molecule has 0 N–H and O–H groups in total. The number of carbonyl (C=O) groups is 2. The van der Waals surface area contributed by atoms with Gasteiger partial charge in [-0.1, -0.05) is 60.7 Å². The van der Waals surface area contributed by atoms with Gasteiger partial charge in [0.1, 0.15) is 6.29 Å². The molecule has 2 aromatic carbocycles. The monoisotopic (exact) mass is 292 g/mol. The molecule has 3 heteroatoms. The first-order valence-electron chi connectivity index (χ1n) is 6.81. The molecular formula is C19H16O3. The minimum Gasteiger partial charge on any atom is -0.465 e. The summed E-state index contributed by atoms with van der Waals surface area (Å²) >= 11 is 0. The molecule has 0 bridgehead atoms. The first kappa shape index (κ1) is 15.4. The van der Waals surface area contributed by atoms with Crippen molar-refractivity contribution in [2.45, 2.75) is 0 Å². The first-order chi connectivity index (χ1) is 10.7. The van der Waals surface area contributed by atoms with Crippen LogP contribution in [0.3, 0.4) is 0 Å². The molecule has 0 spiro atoms. The van der Waals surface area contributed by atoms with Gasteiger partial charge in [0.25, 0.3) is 0 Å². The van der Waals surface area contributed by atoms with Gasteiger partial charge in [-0.25, -0.2) is 4.79 Å². The fraction of sp³-hybridized carbons (Fsp3) is 0.0526. The van der Waals surface area contributed by atoms with Crippen LogP contribution in [0.5, 0.6) is 0 Å². The van der Waals surface area contributed by atoms with Crippen molar-refractivity contribution < 1.29 is 14.3 Å². The Kier molecular flexibility index (Phi) is 5.44. The number of hydrogen-bond acceptors (Lipinski definition) is 3. The number of esters is 1. The highest BCUT2D eigenvalue weighted by Crippen LogP contribution is 2.08. The second-order valence-electron chi connectivity index (χ2n) is 4.62. The zero-order valence-corrected chi connectivity index (χ0v) is 12.2. The second-order valence-corrected chi connectivity index (χ2v) is 4.62. The van der Waals surface area contributed by atoms with E-state index in [9.17, 15) is 9.59 Å². The average molecular weight is 292 g/mol. The molecule has 0 saturated heterocycles. The van der Waals surface area contributed by atoms with Gasteiger partial charge in [0.05, 0.1) is 12.7 Å². The Morgan fingerprint density at radius 3 is 1.73 bits per heavy atom. The van der Waals surface area contributed by atoms with E-state index in [1.54, 1.807) is 24.3 Å². The van der Waals surface area contributed by atoms with E-state index in [1.165, 1.54) is 7.11 Å². The number of ether oxygens (including phenoxy) is 1. The third-order valence-corrected chi connectivity index (χ3v) is 3.09. The highest BCUT2D eigenvalue weighted by Gasteiger charge is 2.02. The van der Waals surface area contributed by atoms with E-state index in [4.69, 9.17) is 0 Å². The summed E-state index contributed by atoms with van der Waals surface area (Å²) in [6.45, 7) is 0. The summed E-state index contributed by atoms with van der Waals surface area (Å²) in [6, 6.07) is 14.5. The van der Waals surface area contributed by atoms with Crippen LogP contribution in [0, 0.1) is 0 Å². The maximum Gasteiger partial charge on any atom is 0.337 e. The number of aldehydes is 1. The van der Waals surface area contributed by atoms with Gasteiger partial charge in [0, 0.05) is 5.56 Å². The molecule has 0 unspecified atom stereocenters. The summed E-state index contributed by atoms with van der Waals surface area (Å²) in [5.74, 6) is -0.339. The average Bonchev–Trinajstić information content (AvgIpc) is 2.59. The summed E-state index contributed by atoms with van der Waals surface area (Å²) in [4.78, 5) is 21.9. The first-order valence-corrected chi connectivity index (χ1v) is 6.81. The predicted molar refractivity (Wildman–Crippen MR) is 87.7 cm³/mol. The van der Waals surface area contributed by atoms with E-state index in [0.29, 0.717) is 11.1 Å². The van der Waals surface area contributed by atoms with E-state index >= 15 is 0 Å². The molecule has 0 atom stereocenters. The molecule has 0 amide bonds. The van der Waals surface area contributed by atoms with Crippen molar-refractivity contribution in [1.29, 1.82) is 0 Å². The standard InChI is InChI=1S/C19H16O3/c1-22-19(21)18-12-10-16(11-13-18)5-3-2-4-15-6-8-17(14-20)9-7-15/h2-14H,1H3. The summed E-state index contributed by atoms with van der Waals surface area (Å²) in [5.41, 5.74) is 3.22. The van der Waals surface area contributed by atoms with Gasteiger partial charge < -0.3 is 4.74 Å². The highest BCUT2D eigenvalue weighted by atomic mass is 16.5. The van der Waals surface area contributed by atoms with Crippen LogP contribution in [0.2, 0.25) is 0 Å². The largest absolute Gasteiger partial charge is 0.465 e. The molecule has 0 fully saturated rings. The van der Waals surface area contributed by atoms with Crippen molar-refractivity contribution >= 4 is 24.4 Å². The van der Waals surface area contributed by atoms with Crippen LogP contribution in [0.4, 0.5) is 0 Å². The van der Waals surface area contributed by atoms with Crippen LogP contribution in [0.1, 0.15) is 31.8 Å². The van der Waals surface area contributed by atoms with Crippen molar-refractivity contribution in [2.24, 2.45) is 0 Å². The van der Waals surface area contributed by atoms with Crippen molar-refractivity contribution in [3.05, 3.63) is 82.9 Å². The quantitative estimate of drug-likeness (QED) is 0.475. The van der Waals surface area contributed by atoms with E-state index in [0.717, 1.165) is 17.4 Å². The molecule has 3 nitrogen and oxygen atoms in total. The van der Waals surface area contributed by atoms with Gasteiger partial charge >= 0.3 is 5.97 Å². The maximum absolute atomic E-state index is 11.3. The van der Waals surface area contributed by atoms with Crippen LogP contribution < -0.4 is 0 Å². The number of allylic oxidation sites excluding steroid dienone is 2. The molecule has 0 aromatic heterocycles. The van der Waals surface area contributed by atoms with Crippen LogP contribution in [-0.2, 0) is 4.74 Å². The van der Waals surface area contributed by atoms with Gasteiger partial charge in [-0.3, -0.25) is 4.79 Å². The summed E-state index contributed by atoms with van der Waals surface area (Å²) in [5, 5.41) is 0. The maximum atomic E-state index is 11.3. The number of carbonyl (C=O) groups excluding carboxylic acids is 2. The van der Waals surface area contributed by atoms with Crippen LogP contribution in [0.25, 0.3) is 12.2 Å². The third-order valence-electron chi connectivity index (χ3n) is 3.09. The van der Waals surface area contributed by atoms with E-state index in [1.807, 2.05) is 48.6 Å². The number of benzene rings is 2. The minimum atomic E-state index is -0.339. The van der Waals surface area contributed by atoms with Gasteiger partial charge in [-0.05, 0) is 23.3 Å². The van der Waals surface area contributed by atoms with Crippen molar-refractivity contribution in [3.8, 4) is 0 Å². The molecule has 2 aromatic rings. The fourth-order valence-corrected chi connectivity index (χ4v) is 1.87. The predicted octanol–water partition coefficient (Wildman–Crippen LogP) is 4.01. The second kappa shape index (κ2) is 7.74. The molecule has 110 valence electrons. The van der Waals surface area contributed by atoms with E-state index in [-0.39, 0.29) is 5.97 Å². The van der Waals surface area contributed by atoms with Crippen LogP contribution in [-0.4, -0.2) is 19.4 Å². The molecule has 22 heavy (non-hydrogen) atoms. The Morgan fingerprint density at radius 2 is 1.27 bits per heavy atom. The molecule has 0 heterocycles. The van der Waals surface area contributed by atoms with Crippen LogP contribution in [0.15, 0.2) is 60.7 Å². The Bertz CT molecular complexity index is 692. The van der Waals surface area contributed by atoms with Crippen molar-refractivity contribution in [3.63, 3.8) is 0 Å². The number of hydrogen-bond donors (Lipinski definition) is 0. The molecule has 0 saturated carbocycles. The van der Waals surface area contributed by atoms with Gasteiger partial charge in [-0.2, -0.15) is 0 Å². The lowest BCUT2D eigenvalue weighted by molar-refractivity contribution is 0.0600. The highest BCUT2D eigenvalue weighted by molar-refractivity contribution is 5.89. The molecule has 2 rings (SSSR count). The molecule has 0 aliphatic rings. The van der Waals surface area contributed by atoms with E-state index < -0.39 is 0 Å². The summed E-state index contributed by atoms with van der Waals surface area (Å²) in [6.07, 6.45) is 8.56. The van der Waals surface area contributed by atoms with Gasteiger partial charge in [0.2, 0.25) is 0 Å². The Morgan fingerprint density at radius 1 is 0.818 bits per heavy atom. The zero-order valence-electron chi connectivity index (χ0n) is 12.2. The molecular weight excluding hydrogens is 276 g/mol. The third kappa shape index (κ3) is 4.28. The lowest BCUT2D eigenvalue weighted by Gasteiger charge is -1.98. The van der Waals surface area contributed by atoms with Gasteiger partial charge in [0.15, 0.2) is 0 Å². The Hall–Kier alpha value is -2.94. The van der Waals surface area contributed by atoms with Crippen molar-refractivity contribution in [1.82, 2.24) is 0 Å². The smallest absolute Gasteiger partial charge is 0.337 e. The number of methoxy groups -OCH3 is 1. The zero-order chi connectivity index (χ0) is 15.8. The van der Waals surface area contributed by atoms with Crippen molar-refractivity contribution in [2.75, 3.05) is 7.11 Å². The Labute approximate surface area is 129 Å². The molecule has 0 radical (unpaired) electrons. The Balaban J connectivity index is 1.97. The summed E-state index contributed by atoms with van der Waals surface area (Å²) < 4.78 is 4.65. The van der Waals surface area contributed by atoms with Crippen LogP contribution >= 0.6 is 0 Å². The lowest BCUT2D eigenvalue weighted by Crippen LogP contribution is -2.00. The number of rotatable bonds is 5. The molecule has 0 aliphatic heterocycles. The minimum absolute atomic E-state index is 0.339. The SMILES string of the molecule is COC(=O)c1ccc(C=CC=Cc2ccc(C=O)cc2)cc1.